The van der Waals surface area contributed by atoms with Crippen LogP contribution in [0.4, 0.5) is 5.69 Å². The number of hydrogen-bond acceptors (Lipinski definition) is 5. The molecule has 2 aliphatic rings. The summed E-state index contributed by atoms with van der Waals surface area (Å²) in [5.74, 6) is 1.57. The summed E-state index contributed by atoms with van der Waals surface area (Å²) in [6, 6.07) is 25.4. The molecule has 2 heterocycles. The lowest BCUT2D eigenvalue weighted by atomic mass is 9.87. The van der Waals surface area contributed by atoms with Crippen LogP contribution < -0.4 is 10.6 Å². The molecule has 2 aliphatic heterocycles. The fourth-order valence-corrected chi connectivity index (χ4v) is 5.66. The van der Waals surface area contributed by atoms with Crippen LogP contribution in [0.1, 0.15) is 29.5 Å². The fraction of sp³-hybridized carbons (Fsp3) is 0.323. The van der Waals surface area contributed by atoms with Gasteiger partial charge in [-0.2, -0.15) is 0 Å². The summed E-state index contributed by atoms with van der Waals surface area (Å²) in [6.07, 6.45) is 1.36. The minimum absolute atomic E-state index is 0.0166. The monoisotopic (exact) mass is 497 g/mol. The SMILES string of the molecule is O=C(CN1C[C@H]2CNC[C@H]2C1)Nc1ccc(/C(=C(/CCCO)c2ccccc2)c2ccc(O)cc2)cc1. The van der Waals surface area contributed by atoms with Crippen molar-refractivity contribution >= 4 is 22.7 Å². The van der Waals surface area contributed by atoms with E-state index >= 15 is 0 Å². The van der Waals surface area contributed by atoms with Gasteiger partial charge in [-0.15, -0.1) is 0 Å². The van der Waals surface area contributed by atoms with Crippen LogP contribution in [-0.2, 0) is 4.79 Å². The average molecular weight is 498 g/mol. The highest BCUT2D eigenvalue weighted by atomic mass is 16.3. The number of benzene rings is 3. The Balaban J connectivity index is 1.39. The molecule has 3 aromatic carbocycles. The highest BCUT2D eigenvalue weighted by Gasteiger charge is 2.36. The molecule has 2 saturated heterocycles. The number of aliphatic hydroxyl groups excluding tert-OH is 1. The van der Waals surface area contributed by atoms with E-state index in [0.29, 0.717) is 31.2 Å². The molecule has 192 valence electrons. The van der Waals surface area contributed by atoms with Crippen molar-refractivity contribution in [2.24, 2.45) is 11.8 Å². The van der Waals surface area contributed by atoms with E-state index in [2.05, 4.69) is 27.7 Å². The van der Waals surface area contributed by atoms with Gasteiger partial charge < -0.3 is 20.8 Å². The molecule has 0 saturated carbocycles. The third-order valence-corrected chi connectivity index (χ3v) is 7.45. The number of carbonyl (C=O) groups is 1. The Kier molecular flexibility index (Phi) is 7.99. The summed E-state index contributed by atoms with van der Waals surface area (Å²) in [5, 5.41) is 26.0. The van der Waals surface area contributed by atoms with Crippen molar-refractivity contribution in [1.82, 2.24) is 10.2 Å². The summed E-state index contributed by atoms with van der Waals surface area (Å²) in [7, 11) is 0. The van der Waals surface area contributed by atoms with Crippen molar-refractivity contribution in [1.29, 1.82) is 0 Å². The summed E-state index contributed by atoms with van der Waals surface area (Å²) in [4.78, 5) is 15.0. The first-order chi connectivity index (χ1) is 18.1. The van der Waals surface area contributed by atoms with Crippen molar-refractivity contribution in [3.63, 3.8) is 0 Å². The largest absolute Gasteiger partial charge is 0.508 e. The standard InChI is InChI=1S/C31H35N3O3/c35-16-4-7-29(22-5-2-1-3-6-22)31(24-10-14-28(36)15-11-24)23-8-12-27(13-9-23)33-30(37)21-34-19-25-17-32-18-26(25)20-34/h1-3,5-6,8-15,25-26,32,35-36H,4,7,16-21H2,(H,33,37)/b31-29+/t25-,26+. The lowest BCUT2D eigenvalue weighted by Gasteiger charge is -2.18. The van der Waals surface area contributed by atoms with Crippen LogP contribution in [0.3, 0.4) is 0 Å². The molecule has 2 fully saturated rings. The van der Waals surface area contributed by atoms with E-state index in [1.165, 1.54) is 0 Å². The second kappa shape index (κ2) is 11.7. The van der Waals surface area contributed by atoms with Gasteiger partial charge in [-0.1, -0.05) is 54.6 Å². The van der Waals surface area contributed by atoms with E-state index in [1.807, 2.05) is 54.6 Å². The molecule has 0 bridgehead atoms. The summed E-state index contributed by atoms with van der Waals surface area (Å²) in [6.45, 7) is 4.63. The van der Waals surface area contributed by atoms with E-state index in [1.54, 1.807) is 12.1 Å². The minimum Gasteiger partial charge on any atom is -0.508 e. The quantitative estimate of drug-likeness (QED) is 0.333. The zero-order chi connectivity index (χ0) is 25.6. The molecule has 4 N–H and O–H groups in total. The van der Waals surface area contributed by atoms with Crippen LogP contribution >= 0.6 is 0 Å². The molecular formula is C31H35N3O3. The van der Waals surface area contributed by atoms with Crippen LogP contribution in [0, 0.1) is 11.8 Å². The number of aliphatic hydroxyl groups is 1. The van der Waals surface area contributed by atoms with Gasteiger partial charge in [0.25, 0.3) is 0 Å². The first-order valence-corrected chi connectivity index (χ1v) is 13.1. The van der Waals surface area contributed by atoms with Crippen molar-refractivity contribution in [2.45, 2.75) is 12.8 Å². The Labute approximate surface area is 218 Å². The number of likely N-dealkylation sites (tertiary alicyclic amines) is 1. The number of anilines is 1. The number of nitrogens with zero attached hydrogens (tertiary/aromatic N) is 1. The third kappa shape index (κ3) is 6.10. The molecule has 0 spiro atoms. The number of rotatable bonds is 9. The molecule has 2 atom stereocenters. The second-order valence-electron chi connectivity index (χ2n) is 10.1. The summed E-state index contributed by atoms with van der Waals surface area (Å²) >= 11 is 0. The Morgan fingerprint density at radius 1 is 0.865 bits per heavy atom. The predicted molar refractivity (Wildman–Crippen MR) is 148 cm³/mol. The summed E-state index contributed by atoms with van der Waals surface area (Å²) < 4.78 is 0. The number of fused-ring (bicyclic) bond motifs is 1. The van der Waals surface area contributed by atoms with Crippen molar-refractivity contribution < 1.29 is 15.0 Å². The Bertz CT molecular complexity index is 1210. The lowest BCUT2D eigenvalue weighted by molar-refractivity contribution is -0.117. The van der Waals surface area contributed by atoms with Crippen LogP contribution in [0.25, 0.3) is 11.1 Å². The lowest BCUT2D eigenvalue weighted by Crippen LogP contribution is -2.33. The molecule has 37 heavy (non-hydrogen) atoms. The number of phenolic OH excluding ortho intramolecular Hbond substituents is 1. The van der Waals surface area contributed by atoms with Crippen molar-refractivity contribution in [3.8, 4) is 5.75 Å². The van der Waals surface area contributed by atoms with Crippen molar-refractivity contribution in [3.05, 3.63) is 95.6 Å². The van der Waals surface area contributed by atoms with Gasteiger partial charge in [-0.05, 0) is 89.9 Å². The average Bonchev–Trinajstić information content (AvgIpc) is 3.50. The van der Waals surface area contributed by atoms with Crippen LogP contribution in [0.5, 0.6) is 5.75 Å². The van der Waals surface area contributed by atoms with Gasteiger partial charge in [0.15, 0.2) is 0 Å². The fourth-order valence-electron chi connectivity index (χ4n) is 5.66. The molecule has 0 radical (unpaired) electrons. The normalized spacial score (nSPS) is 19.9. The number of hydrogen-bond donors (Lipinski definition) is 4. The molecule has 1 amide bonds. The predicted octanol–water partition coefficient (Wildman–Crippen LogP) is 4.21. The van der Waals surface area contributed by atoms with E-state index in [9.17, 15) is 15.0 Å². The number of phenols is 1. The molecule has 6 nitrogen and oxygen atoms in total. The highest BCUT2D eigenvalue weighted by Crippen LogP contribution is 2.36. The van der Waals surface area contributed by atoms with Gasteiger partial charge in [0.2, 0.25) is 5.91 Å². The Hall–Kier alpha value is -3.45. The van der Waals surface area contributed by atoms with Gasteiger partial charge in [-0.3, -0.25) is 9.69 Å². The van der Waals surface area contributed by atoms with E-state index in [-0.39, 0.29) is 18.3 Å². The maximum Gasteiger partial charge on any atom is 0.238 e. The molecule has 3 aromatic rings. The van der Waals surface area contributed by atoms with E-state index in [0.717, 1.165) is 59.7 Å². The van der Waals surface area contributed by atoms with Gasteiger partial charge >= 0.3 is 0 Å². The second-order valence-corrected chi connectivity index (χ2v) is 10.1. The minimum atomic E-state index is 0.0166. The maximum absolute atomic E-state index is 12.7. The third-order valence-electron chi connectivity index (χ3n) is 7.45. The maximum atomic E-state index is 12.7. The first-order valence-electron chi connectivity index (χ1n) is 13.1. The topological polar surface area (TPSA) is 84.8 Å². The van der Waals surface area contributed by atoms with Gasteiger partial charge in [0.05, 0.1) is 6.54 Å². The zero-order valence-electron chi connectivity index (χ0n) is 21.1. The number of carbonyl (C=O) groups excluding carboxylic acids is 1. The molecule has 5 rings (SSSR count). The van der Waals surface area contributed by atoms with Crippen LogP contribution in [0.15, 0.2) is 78.9 Å². The molecular weight excluding hydrogens is 462 g/mol. The molecule has 6 heteroatoms. The van der Waals surface area contributed by atoms with Crippen molar-refractivity contribution in [2.75, 3.05) is 44.6 Å². The number of allylic oxidation sites excluding steroid dienone is 1. The molecule has 0 aliphatic carbocycles. The Morgan fingerprint density at radius 3 is 2.11 bits per heavy atom. The molecule has 0 unspecified atom stereocenters. The number of aromatic hydroxyl groups is 1. The number of amides is 1. The highest BCUT2D eigenvalue weighted by molar-refractivity contribution is 5.99. The van der Waals surface area contributed by atoms with Gasteiger partial charge in [0, 0.05) is 25.4 Å². The van der Waals surface area contributed by atoms with Gasteiger partial charge in [0.1, 0.15) is 5.75 Å². The smallest absolute Gasteiger partial charge is 0.238 e. The number of nitrogens with one attached hydrogen (secondary N) is 2. The zero-order valence-corrected chi connectivity index (χ0v) is 21.1. The Morgan fingerprint density at radius 2 is 1.49 bits per heavy atom. The van der Waals surface area contributed by atoms with E-state index < -0.39 is 0 Å². The first kappa shape index (κ1) is 25.2. The van der Waals surface area contributed by atoms with Crippen LogP contribution in [0.2, 0.25) is 0 Å². The van der Waals surface area contributed by atoms with Crippen LogP contribution in [-0.4, -0.2) is 60.4 Å². The van der Waals surface area contributed by atoms with Gasteiger partial charge in [-0.25, -0.2) is 0 Å². The summed E-state index contributed by atoms with van der Waals surface area (Å²) in [5.41, 5.74) is 6.06. The van der Waals surface area contributed by atoms with E-state index in [4.69, 9.17) is 0 Å². The molecule has 0 aromatic heterocycles.